The molecule has 2 aromatic rings. The maximum atomic E-state index is 11.7. The van der Waals surface area contributed by atoms with Gasteiger partial charge < -0.3 is 9.72 Å². The smallest absolute Gasteiger partial charge is 0.251 e. The van der Waals surface area contributed by atoms with Crippen LogP contribution < -0.4 is 5.56 Å². The molecule has 1 fully saturated rings. The summed E-state index contributed by atoms with van der Waals surface area (Å²) in [6, 6.07) is 1.51. The summed E-state index contributed by atoms with van der Waals surface area (Å²) in [6.45, 7) is 1.55. The average Bonchev–Trinajstić information content (AvgIpc) is 3.00. The average molecular weight is 260 g/mol. The van der Waals surface area contributed by atoms with Crippen LogP contribution in [0, 0.1) is 5.92 Å². The zero-order valence-corrected chi connectivity index (χ0v) is 10.8. The quantitative estimate of drug-likeness (QED) is 0.883. The Morgan fingerprint density at radius 3 is 3.16 bits per heavy atom. The monoisotopic (exact) mass is 260 g/mol. The van der Waals surface area contributed by atoms with Crippen molar-refractivity contribution in [3.05, 3.63) is 34.6 Å². The van der Waals surface area contributed by atoms with Crippen LogP contribution >= 0.6 is 0 Å². The zero-order valence-electron chi connectivity index (χ0n) is 10.8. The summed E-state index contributed by atoms with van der Waals surface area (Å²) < 4.78 is 7.04. The largest absolute Gasteiger partial charge is 0.381 e. The maximum absolute atomic E-state index is 11.7. The molecule has 0 amide bonds. The third kappa shape index (κ3) is 2.73. The fourth-order valence-electron chi connectivity index (χ4n) is 2.32. The summed E-state index contributed by atoms with van der Waals surface area (Å²) in [6.07, 6.45) is 5.35. The maximum Gasteiger partial charge on any atom is 0.251 e. The van der Waals surface area contributed by atoms with E-state index in [-0.39, 0.29) is 5.56 Å². The van der Waals surface area contributed by atoms with Crippen molar-refractivity contribution in [3.63, 3.8) is 0 Å². The molecule has 0 spiro atoms. The van der Waals surface area contributed by atoms with Crippen molar-refractivity contribution < 1.29 is 4.74 Å². The molecule has 1 unspecified atom stereocenters. The van der Waals surface area contributed by atoms with Crippen LogP contribution in [0.2, 0.25) is 0 Å². The number of hydrogen-bond acceptors (Lipinski definition) is 4. The van der Waals surface area contributed by atoms with Crippen LogP contribution in [0.5, 0.6) is 0 Å². The van der Waals surface area contributed by atoms with Crippen LogP contribution in [0.15, 0.2) is 23.3 Å². The van der Waals surface area contributed by atoms with Crippen molar-refractivity contribution in [3.8, 4) is 11.3 Å². The number of nitrogens with zero attached hydrogens (tertiary/aromatic N) is 3. The van der Waals surface area contributed by atoms with Crippen molar-refractivity contribution >= 4 is 0 Å². The number of nitrogens with one attached hydrogen (secondary N) is 1. The van der Waals surface area contributed by atoms with Gasteiger partial charge in [0.15, 0.2) is 0 Å². The van der Waals surface area contributed by atoms with Gasteiger partial charge in [-0.05, 0) is 12.3 Å². The summed E-state index contributed by atoms with van der Waals surface area (Å²) in [5, 5.41) is 4.10. The van der Waals surface area contributed by atoms with Gasteiger partial charge in [0.1, 0.15) is 5.82 Å². The van der Waals surface area contributed by atoms with E-state index in [0.717, 1.165) is 37.4 Å². The summed E-state index contributed by atoms with van der Waals surface area (Å²) in [7, 11) is 1.84. The molecule has 1 N–H and O–H groups in total. The van der Waals surface area contributed by atoms with E-state index in [1.165, 1.54) is 6.07 Å². The van der Waals surface area contributed by atoms with Crippen molar-refractivity contribution in [1.29, 1.82) is 0 Å². The first-order chi connectivity index (χ1) is 9.20. The number of aromatic nitrogens is 4. The minimum Gasteiger partial charge on any atom is -0.381 e. The standard InChI is InChI=1S/C13H16N4O2/c1-17-7-10(6-14-17)11-5-13(18)16-12(15-11)4-9-2-3-19-8-9/h5-7,9H,2-4,8H2,1H3,(H,15,16,18). The molecular weight excluding hydrogens is 244 g/mol. The molecule has 3 heterocycles. The number of aromatic amines is 1. The SMILES string of the molecule is Cn1cc(-c2cc(=O)[nH]c(CC3CCOC3)n2)cn1. The lowest BCUT2D eigenvalue weighted by molar-refractivity contribution is 0.185. The molecule has 2 aromatic heterocycles. The Bertz CT molecular complexity index is 626. The normalized spacial score (nSPS) is 18.9. The Morgan fingerprint density at radius 2 is 2.47 bits per heavy atom. The Kier molecular flexibility index (Phi) is 3.16. The first kappa shape index (κ1) is 12.1. The fraction of sp³-hybridized carbons (Fsp3) is 0.462. The molecule has 0 aromatic carbocycles. The van der Waals surface area contributed by atoms with E-state index in [4.69, 9.17) is 4.74 Å². The molecule has 100 valence electrons. The Hall–Kier alpha value is -1.95. The van der Waals surface area contributed by atoms with Crippen molar-refractivity contribution in [2.75, 3.05) is 13.2 Å². The van der Waals surface area contributed by atoms with Gasteiger partial charge in [0.05, 0.1) is 11.9 Å². The molecule has 0 saturated carbocycles. The number of H-pyrrole nitrogens is 1. The molecule has 0 radical (unpaired) electrons. The lowest BCUT2D eigenvalue weighted by Crippen LogP contribution is -2.14. The van der Waals surface area contributed by atoms with Gasteiger partial charge in [-0.25, -0.2) is 4.98 Å². The fourth-order valence-corrected chi connectivity index (χ4v) is 2.32. The molecule has 1 saturated heterocycles. The minimum absolute atomic E-state index is 0.122. The highest BCUT2D eigenvalue weighted by Gasteiger charge is 2.17. The van der Waals surface area contributed by atoms with Gasteiger partial charge in [0.2, 0.25) is 0 Å². The molecule has 0 bridgehead atoms. The van der Waals surface area contributed by atoms with E-state index in [2.05, 4.69) is 15.1 Å². The minimum atomic E-state index is -0.122. The van der Waals surface area contributed by atoms with Crippen molar-refractivity contribution in [2.24, 2.45) is 13.0 Å². The highest BCUT2D eigenvalue weighted by atomic mass is 16.5. The second-order valence-corrected chi connectivity index (χ2v) is 4.91. The van der Waals surface area contributed by atoms with Gasteiger partial charge >= 0.3 is 0 Å². The topological polar surface area (TPSA) is 72.8 Å². The first-order valence-electron chi connectivity index (χ1n) is 6.38. The summed E-state index contributed by atoms with van der Waals surface area (Å²) in [4.78, 5) is 19.0. The Balaban J connectivity index is 1.89. The van der Waals surface area contributed by atoms with E-state index in [0.29, 0.717) is 11.6 Å². The predicted molar refractivity (Wildman–Crippen MR) is 69.7 cm³/mol. The third-order valence-corrected chi connectivity index (χ3v) is 3.30. The molecule has 1 atom stereocenters. The highest BCUT2D eigenvalue weighted by Crippen LogP contribution is 2.18. The molecule has 19 heavy (non-hydrogen) atoms. The second kappa shape index (κ2) is 4.97. The zero-order chi connectivity index (χ0) is 13.2. The van der Waals surface area contributed by atoms with Crippen LogP contribution in [0.1, 0.15) is 12.2 Å². The summed E-state index contributed by atoms with van der Waals surface area (Å²) in [5.41, 5.74) is 1.41. The first-order valence-corrected chi connectivity index (χ1v) is 6.38. The van der Waals surface area contributed by atoms with Crippen LogP contribution in [-0.4, -0.2) is 33.0 Å². The van der Waals surface area contributed by atoms with E-state index in [9.17, 15) is 4.79 Å². The molecular formula is C13H16N4O2. The molecule has 6 nitrogen and oxygen atoms in total. The van der Waals surface area contributed by atoms with Gasteiger partial charge in [-0.2, -0.15) is 5.10 Å². The van der Waals surface area contributed by atoms with Crippen molar-refractivity contribution in [2.45, 2.75) is 12.8 Å². The molecule has 3 rings (SSSR count). The van der Waals surface area contributed by atoms with Crippen LogP contribution in [0.25, 0.3) is 11.3 Å². The highest BCUT2D eigenvalue weighted by molar-refractivity contribution is 5.56. The molecule has 1 aliphatic heterocycles. The van der Waals surface area contributed by atoms with Gasteiger partial charge in [-0.1, -0.05) is 0 Å². The Morgan fingerprint density at radius 1 is 1.58 bits per heavy atom. The van der Waals surface area contributed by atoms with Crippen LogP contribution in [0.3, 0.4) is 0 Å². The molecule has 1 aliphatic rings. The van der Waals surface area contributed by atoms with Crippen LogP contribution in [0.4, 0.5) is 0 Å². The third-order valence-electron chi connectivity index (χ3n) is 3.30. The number of ether oxygens (including phenoxy) is 1. The lowest BCUT2D eigenvalue weighted by Gasteiger charge is -2.07. The summed E-state index contributed by atoms with van der Waals surface area (Å²) in [5.74, 6) is 1.18. The van der Waals surface area contributed by atoms with Gasteiger partial charge in [0.25, 0.3) is 5.56 Å². The Labute approximate surface area is 110 Å². The number of rotatable bonds is 3. The van der Waals surface area contributed by atoms with Gasteiger partial charge in [-0.3, -0.25) is 9.48 Å². The lowest BCUT2D eigenvalue weighted by atomic mass is 10.0. The summed E-state index contributed by atoms with van der Waals surface area (Å²) >= 11 is 0. The van der Waals surface area contributed by atoms with E-state index in [1.54, 1.807) is 10.9 Å². The van der Waals surface area contributed by atoms with E-state index < -0.39 is 0 Å². The van der Waals surface area contributed by atoms with Gasteiger partial charge in [0, 0.05) is 44.5 Å². The van der Waals surface area contributed by atoms with E-state index >= 15 is 0 Å². The molecule has 0 aliphatic carbocycles. The van der Waals surface area contributed by atoms with Crippen molar-refractivity contribution in [1.82, 2.24) is 19.7 Å². The molecule has 6 heteroatoms. The number of hydrogen-bond donors (Lipinski definition) is 1. The van der Waals surface area contributed by atoms with Crippen LogP contribution in [-0.2, 0) is 18.2 Å². The second-order valence-electron chi connectivity index (χ2n) is 4.91. The van der Waals surface area contributed by atoms with E-state index in [1.807, 2.05) is 13.2 Å². The van der Waals surface area contributed by atoms with Gasteiger partial charge in [-0.15, -0.1) is 0 Å². The number of aryl methyl sites for hydroxylation is 1. The predicted octanol–water partition coefficient (Wildman–Crippen LogP) is 0.749.